The third-order valence-electron chi connectivity index (χ3n) is 7.27. The number of nitrogens with zero attached hydrogens (tertiary/aromatic N) is 1. The SMILES string of the molecule is COc1cc2c(cc1OC)C(OC(=O)c1ccccc1)=C(CC1CCN(Cc3ccccc3)CC1)C2. The molecular formula is C31H33NO4. The van der Waals surface area contributed by atoms with Crippen LogP contribution in [0, 0.1) is 5.92 Å². The van der Waals surface area contributed by atoms with E-state index in [4.69, 9.17) is 14.2 Å². The van der Waals surface area contributed by atoms with Crippen LogP contribution in [-0.4, -0.2) is 38.2 Å². The molecule has 0 amide bonds. The Bertz CT molecular complexity index is 1230. The number of benzene rings is 3. The van der Waals surface area contributed by atoms with Gasteiger partial charge in [0.2, 0.25) is 0 Å². The summed E-state index contributed by atoms with van der Waals surface area (Å²) in [4.78, 5) is 15.6. The number of esters is 1. The summed E-state index contributed by atoms with van der Waals surface area (Å²) in [7, 11) is 3.27. The molecule has 3 aromatic rings. The lowest BCUT2D eigenvalue weighted by atomic mass is 9.89. The Morgan fingerprint density at radius 1 is 0.889 bits per heavy atom. The number of likely N-dealkylation sites (tertiary alicyclic amines) is 1. The van der Waals surface area contributed by atoms with Crippen molar-refractivity contribution in [3.05, 3.63) is 101 Å². The minimum Gasteiger partial charge on any atom is -0.493 e. The zero-order valence-corrected chi connectivity index (χ0v) is 21.0. The molecule has 1 heterocycles. The minimum absolute atomic E-state index is 0.330. The van der Waals surface area contributed by atoms with Gasteiger partial charge in [-0.15, -0.1) is 0 Å². The van der Waals surface area contributed by atoms with Crippen LogP contribution in [0.5, 0.6) is 11.5 Å². The van der Waals surface area contributed by atoms with Crippen LogP contribution in [0.1, 0.15) is 46.3 Å². The highest BCUT2D eigenvalue weighted by Gasteiger charge is 2.30. The highest BCUT2D eigenvalue weighted by Crippen LogP contribution is 2.43. The molecule has 1 saturated heterocycles. The van der Waals surface area contributed by atoms with Gasteiger partial charge in [-0.1, -0.05) is 48.5 Å². The molecule has 1 aliphatic carbocycles. The molecule has 0 radical (unpaired) electrons. The monoisotopic (exact) mass is 483 g/mol. The fourth-order valence-electron chi connectivity index (χ4n) is 5.34. The van der Waals surface area contributed by atoms with E-state index in [2.05, 4.69) is 35.2 Å². The molecular weight excluding hydrogens is 450 g/mol. The van der Waals surface area contributed by atoms with Gasteiger partial charge in [-0.25, -0.2) is 4.79 Å². The van der Waals surface area contributed by atoms with Crippen LogP contribution < -0.4 is 9.47 Å². The van der Waals surface area contributed by atoms with E-state index in [0.29, 0.717) is 28.7 Å². The summed E-state index contributed by atoms with van der Waals surface area (Å²) in [6.45, 7) is 3.17. The molecule has 3 aromatic carbocycles. The van der Waals surface area contributed by atoms with Crippen LogP contribution in [-0.2, 0) is 17.7 Å². The first-order chi connectivity index (χ1) is 17.6. The van der Waals surface area contributed by atoms with E-state index in [1.807, 2.05) is 30.3 Å². The van der Waals surface area contributed by atoms with Gasteiger partial charge in [0.1, 0.15) is 5.76 Å². The molecule has 2 aliphatic rings. The predicted octanol–water partition coefficient (Wildman–Crippen LogP) is 6.13. The third kappa shape index (κ3) is 5.31. The van der Waals surface area contributed by atoms with Gasteiger partial charge in [-0.2, -0.15) is 0 Å². The average Bonchev–Trinajstić information content (AvgIpc) is 3.25. The number of hydrogen-bond donors (Lipinski definition) is 0. The summed E-state index contributed by atoms with van der Waals surface area (Å²) in [6, 6.07) is 23.8. The van der Waals surface area contributed by atoms with Crippen LogP contribution in [0.2, 0.25) is 0 Å². The predicted molar refractivity (Wildman–Crippen MR) is 141 cm³/mol. The molecule has 1 fully saturated rings. The van der Waals surface area contributed by atoms with Crippen molar-refractivity contribution >= 4 is 11.7 Å². The van der Waals surface area contributed by atoms with Gasteiger partial charge < -0.3 is 14.2 Å². The Morgan fingerprint density at radius 3 is 2.19 bits per heavy atom. The Morgan fingerprint density at radius 2 is 1.53 bits per heavy atom. The molecule has 0 spiro atoms. The van der Waals surface area contributed by atoms with Crippen molar-refractivity contribution in [3.63, 3.8) is 0 Å². The van der Waals surface area contributed by atoms with Crippen molar-refractivity contribution in [1.82, 2.24) is 4.90 Å². The van der Waals surface area contributed by atoms with Gasteiger partial charge in [0.15, 0.2) is 11.5 Å². The third-order valence-corrected chi connectivity index (χ3v) is 7.27. The number of ether oxygens (including phenoxy) is 3. The molecule has 0 bridgehead atoms. The van der Waals surface area contributed by atoms with E-state index >= 15 is 0 Å². The fourth-order valence-corrected chi connectivity index (χ4v) is 5.34. The normalized spacial score (nSPS) is 16.1. The van der Waals surface area contributed by atoms with E-state index in [1.165, 1.54) is 11.1 Å². The van der Waals surface area contributed by atoms with Crippen molar-refractivity contribution in [2.24, 2.45) is 5.92 Å². The number of hydrogen-bond acceptors (Lipinski definition) is 5. The van der Waals surface area contributed by atoms with Gasteiger partial charge in [0, 0.05) is 12.1 Å². The van der Waals surface area contributed by atoms with Crippen molar-refractivity contribution in [2.45, 2.75) is 32.2 Å². The summed E-state index contributed by atoms with van der Waals surface area (Å²) in [6.07, 6.45) is 3.96. The highest BCUT2D eigenvalue weighted by atomic mass is 16.5. The van der Waals surface area contributed by atoms with Gasteiger partial charge in [-0.05, 0) is 85.7 Å². The number of carbonyl (C=O) groups excluding carboxylic acids is 1. The number of fused-ring (bicyclic) bond motifs is 1. The first-order valence-corrected chi connectivity index (χ1v) is 12.7. The number of rotatable bonds is 8. The summed E-state index contributed by atoms with van der Waals surface area (Å²) >= 11 is 0. The highest BCUT2D eigenvalue weighted by molar-refractivity contribution is 5.94. The molecule has 5 rings (SSSR count). The Kier molecular flexibility index (Phi) is 7.38. The lowest BCUT2D eigenvalue weighted by molar-refractivity contribution is 0.0690. The Labute approximate surface area is 213 Å². The lowest BCUT2D eigenvalue weighted by Crippen LogP contribution is -2.33. The molecule has 5 heteroatoms. The Hall–Kier alpha value is -3.57. The molecule has 186 valence electrons. The van der Waals surface area contributed by atoms with Crippen molar-refractivity contribution in [3.8, 4) is 11.5 Å². The van der Waals surface area contributed by atoms with Crippen molar-refractivity contribution in [2.75, 3.05) is 27.3 Å². The maximum Gasteiger partial charge on any atom is 0.343 e. The maximum absolute atomic E-state index is 13.0. The van der Waals surface area contributed by atoms with Crippen molar-refractivity contribution < 1.29 is 19.0 Å². The smallest absolute Gasteiger partial charge is 0.343 e. The van der Waals surface area contributed by atoms with Crippen LogP contribution in [0.3, 0.4) is 0 Å². The summed E-state index contributed by atoms with van der Waals surface area (Å²) in [5, 5.41) is 0. The first kappa shape index (κ1) is 24.1. The standard InChI is InChI=1S/C31H33NO4/c1-34-28-19-25-18-26(17-22-13-15-32(16-14-22)21-23-9-5-3-6-10-23)30(27(25)20-29(28)35-2)36-31(33)24-11-7-4-8-12-24/h3-12,19-20,22H,13-18,21H2,1-2H3. The zero-order chi connectivity index (χ0) is 24.9. The quantitative estimate of drug-likeness (QED) is 0.361. The first-order valence-electron chi connectivity index (χ1n) is 12.7. The van der Waals surface area contributed by atoms with Crippen LogP contribution in [0.15, 0.2) is 78.4 Å². The second-order valence-electron chi connectivity index (χ2n) is 9.64. The average molecular weight is 484 g/mol. The van der Waals surface area contributed by atoms with E-state index in [0.717, 1.165) is 56.4 Å². The van der Waals surface area contributed by atoms with E-state index < -0.39 is 0 Å². The second-order valence-corrected chi connectivity index (χ2v) is 9.64. The van der Waals surface area contributed by atoms with E-state index in [1.54, 1.807) is 26.4 Å². The number of piperidine rings is 1. The summed E-state index contributed by atoms with van der Waals surface area (Å²) < 4.78 is 17.2. The van der Waals surface area contributed by atoms with Gasteiger partial charge in [-0.3, -0.25) is 4.90 Å². The molecule has 1 aliphatic heterocycles. The zero-order valence-electron chi connectivity index (χ0n) is 21.0. The van der Waals surface area contributed by atoms with Gasteiger partial charge >= 0.3 is 5.97 Å². The fraction of sp³-hybridized carbons (Fsp3) is 0.323. The lowest BCUT2D eigenvalue weighted by Gasteiger charge is -2.32. The van der Waals surface area contributed by atoms with Crippen molar-refractivity contribution in [1.29, 1.82) is 0 Å². The minimum atomic E-state index is -0.330. The molecule has 0 aromatic heterocycles. The largest absolute Gasteiger partial charge is 0.493 e. The van der Waals surface area contributed by atoms with E-state index in [-0.39, 0.29) is 5.97 Å². The van der Waals surface area contributed by atoms with E-state index in [9.17, 15) is 4.79 Å². The molecule has 0 atom stereocenters. The summed E-state index contributed by atoms with van der Waals surface area (Å²) in [5.41, 5.74) is 5.13. The molecule has 0 saturated carbocycles. The Balaban J connectivity index is 1.34. The number of allylic oxidation sites excluding steroid dienone is 1. The van der Waals surface area contributed by atoms with Gasteiger partial charge in [0.05, 0.1) is 19.8 Å². The van der Waals surface area contributed by atoms with Crippen LogP contribution >= 0.6 is 0 Å². The van der Waals surface area contributed by atoms with Crippen LogP contribution in [0.25, 0.3) is 5.76 Å². The molecule has 36 heavy (non-hydrogen) atoms. The number of carbonyl (C=O) groups is 1. The second kappa shape index (κ2) is 11.0. The van der Waals surface area contributed by atoms with Crippen LogP contribution in [0.4, 0.5) is 0 Å². The summed E-state index contributed by atoms with van der Waals surface area (Å²) in [5.74, 6) is 2.26. The number of methoxy groups -OCH3 is 2. The maximum atomic E-state index is 13.0. The topological polar surface area (TPSA) is 48.0 Å². The van der Waals surface area contributed by atoms with Gasteiger partial charge in [0.25, 0.3) is 0 Å². The molecule has 0 unspecified atom stereocenters. The molecule has 0 N–H and O–H groups in total. The molecule has 5 nitrogen and oxygen atoms in total.